The third-order valence-electron chi connectivity index (χ3n) is 2.56. The monoisotopic (exact) mass is 254 g/mol. The summed E-state index contributed by atoms with van der Waals surface area (Å²) in [5.74, 6) is -8.02. The van der Waals surface area contributed by atoms with E-state index in [1.807, 2.05) is 0 Å². The molecule has 0 fully saturated rings. The second-order valence-corrected chi connectivity index (χ2v) is 3.54. The highest BCUT2D eigenvalue weighted by Crippen LogP contribution is 2.48. The molecular weight excluding hydrogens is 250 g/mol. The van der Waals surface area contributed by atoms with Crippen molar-refractivity contribution in [3.63, 3.8) is 0 Å². The number of hydrogen-bond acceptors (Lipinski definition) is 1. The van der Waals surface area contributed by atoms with E-state index in [-0.39, 0.29) is 0 Å². The molecule has 1 aliphatic carbocycles. The highest BCUT2D eigenvalue weighted by atomic mass is 19.3. The average Bonchev–Trinajstić information content (AvgIpc) is 2.40. The van der Waals surface area contributed by atoms with Gasteiger partial charge in [-0.1, -0.05) is 6.07 Å². The Balaban J connectivity index is 2.75. The topological polar surface area (TPSA) is 17.1 Å². The maximum absolute atomic E-state index is 13.2. The smallest absolute Gasteiger partial charge is 0.287 e. The third-order valence-corrected chi connectivity index (χ3v) is 2.56. The number of hydrogen-bond donors (Lipinski definition) is 0. The largest absolute Gasteiger partial charge is 0.344 e. The van der Waals surface area contributed by atoms with E-state index in [0.29, 0.717) is 12.1 Å². The van der Waals surface area contributed by atoms with E-state index in [1.165, 1.54) is 0 Å². The fourth-order valence-electron chi connectivity index (χ4n) is 1.77. The quantitative estimate of drug-likeness (QED) is 0.700. The molecule has 2 rings (SSSR count). The number of carbonyl (C=O) groups excluding carboxylic acids is 1. The molecule has 17 heavy (non-hydrogen) atoms. The fraction of sp³-hybridized carbons (Fsp3) is 0.300. The van der Waals surface area contributed by atoms with Crippen molar-refractivity contribution in [2.24, 2.45) is 0 Å². The number of ketones is 1. The maximum Gasteiger partial charge on any atom is 0.344 e. The predicted octanol–water partition coefficient (Wildman–Crippen LogP) is 3.61. The van der Waals surface area contributed by atoms with Crippen LogP contribution in [0, 0.1) is 5.82 Å². The first kappa shape index (κ1) is 11.9. The van der Waals surface area contributed by atoms with Crippen LogP contribution in [0.15, 0.2) is 12.1 Å². The van der Waals surface area contributed by atoms with Gasteiger partial charge in [0.05, 0.1) is 5.56 Å². The zero-order chi connectivity index (χ0) is 13.0. The predicted molar refractivity (Wildman–Crippen MR) is 44.5 cm³/mol. The van der Waals surface area contributed by atoms with Gasteiger partial charge in [-0.25, -0.2) is 17.6 Å². The first-order valence-electron chi connectivity index (χ1n) is 4.45. The highest BCUT2D eigenvalue weighted by Gasteiger charge is 2.57. The second kappa shape index (κ2) is 3.48. The number of alkyl halides is 5. The Morgan fingerprint density at radius 1 is 1.24 bits per heavy atom. The van der Waals surface area contributed by atoms with E-state index in [2.05, 4.69) is 0 Å². The normalized spacial score (nSPS) is 22.1. The molecule has 0 spiro atoms. The highest BCUT2D eigenvalue weighted by molar-refractivity contribution is 6.07. The van der Waals surface area contributed by atoms with Gasteiger partial charge in [0, 0.05) is 11.1 Å². The number of fused-ring (bicyclic) bond motifs is 1. The van der Waals surface area contributed by atoms with Gasteiger partial charge < -0.3 is 0 Å². The summed E-state index contributed by atoms with van der Waals surface area (Å²) in [6, 6.07) is 1.03. The minimum Gasteiger partial charge on any atom is -0.287 e. The van der Waals surface area contributed by atoms with Crippen molar-refractivity contribution in [2.75, 3.05) is 0 Å². The Bertz CT molecular complexity index is 496. The molecule has 92 valence electrons. The van der Waals surface area contributed by atoms with E-state index in [0.717, 1.165) is 0 Å². The summed E-state index contributed by atoms with van der Waals surface area (Å²) in [6.07, 6.45) is -6.47. The first-order valence-corrected chi connectivity index (χ1v) is 4.45. The number of benzene rings is 1. The van der Waals surface area contributed by atoms with Crippen LogP contribution in [0.25, 0.3) is 0 Å². The summed E-state index contributed by atoms with van der Waals surface area (Å²) < 4.78 is 77.2. The zero-order valence-electron chi connectivity index (χ0n) is 7.99. The lowest BCUT2D eigenvalue weighted by Crippen LogP contribution is -2.26. The molecule has 0 heterocycles. The number of Topliss-reactive ketones (excluding diaryl/α,β-unsaturated/α-hetero) is 1. The van der Waals surface area contributed by atoms with Gasteiger partial charge in [0.1, 0.15) is 5.82 Å². The summed E-state index contributed by atoms with van der Waals surface area (Å²) in [5.41, 5.74) is -3.60. The van der Waals surface area contributed by atoms with Crippen LogP contribution >= 0.6 is 0 Å². The molecule has 0 radical (unpaired) electrons. The van der Waals surface area contributed by atoms with Gasteiger partial charge in [0.25, 0.3) is 6.43 Å². The average molecular weight is 254 g/mol. The molecule has 7 heteroatoms. The van der Waals surface area contributed by atoms with Crippen LogP contribution in [0.4, 0.5) is 26.3 Å². The van der Waals surface area contributed by atoms with Crippen molar-refractivity contribution in [1.29, 1.82) is 0 Å². The Morgan fingerprint density at radius 2 is 1.82 bits per heavy atom. The van der Waals surface area contributed by atoms with Crippen molar-refractivity contribution in [3.8, 4) is 0 Å². The standard InChI is InChI=1S/C10H4F6O/c11-4-2-1-3-5(6(4)9(13)14)8(17)10(15,16)7(3)12/h1-2,7,9H. The van der Waals surface area contributed by atoms with Crippen molar-refractivity contribution in [1.82, 2.24) is 0 Å². The van der Waals surface area contributed by atoms with Crippen molar-refractivity contribution in [3.05, 3.63) is 34.6 Å². The fourth-order valence-corrected chi connectivity index (χ4v) is 1.77. The number of carbonyl (C=O) groups is 1. The van der Waals surface area contributed by atoms with Crippen LogP contribution in [-0.2, 0) is 0 Å². The molecule has 1 aliphatic rings. The Hall–Kier alpha value is -1.53. The first-order chi connectivity index (χ1) is 7.78. The molecule has 1 aromatic carbocycles. The van der Waals surface area contributed by atoms with E-state index >= 15 is 0 Å². The second-order valence-electron chi connectivity index (χ2n) is 3.54. The Morgan fingerprint density at radius 3 is 2.35 bits per heavy atom. The summed E-state index contributed by atoms with van der Waals surface area (Å²) in [4.78, 5) is 11.1. The van der Waals surface area contributed by atoms with Gasteiger partial charge >= 0.3 is 5.92 Å². The molecule has 1 aromatic rings. The molecule has 1 nitrogen and oxygen atoms in total. The summed E-state index contributed by atoms with van der Waals surface area (Å²) >= 11 is 0. The van der Waals surface area contributed by atoms with Crippen LogP contribution in [0.3, 0.4) is 0 Å². The van der Waals surface area contributed by atoms with Gasteiger partial charge in [0.2, 0.25) is 5.78 Å². The van der Waals surface area contributed by atoms with Crippen LogP contribution in [0.2, 0.25) is 0 Å². The molecule has 0 saturated carbocycles. The molecule has 0 aliphatic heterocycles. The van der Waals surface area contributed by atoms with Crippen molar-refractivity contribution in [2.45, 2.75) is 18.5 Å². The molecule has 0 N–H and O–H groups in total. The summed E-state index contributed by atoms with van der Waals surface area (Å²) in [7, 11) is 0. The molecular formula is C10H4F6O. The summed E-state index contributed by atoms with van der Waals surface area (Å²) in [6.45, 7) is 0. The minimum absolute atomic E-state index is 0.446. The van der Waals surface area contributed by atoms with E-state index in [9.17, 15) is 31.1 Å². The van der Waals surface area contributed by atoms with Crippen LogP contribution in [0.1, 0.15) is 34.1 Å². The maximum atomic E-state index is 13.2. The number of halogens is 6. The van der Waals surface area contributed by atoms with E-state index in [1.54, 1.807) is 0 Å². The van der Waals surface area contributed by atoms with Gasteiger partial charge in [0.15, 0.2) is 6.17 Å². The van der Waals surface area contributed by atoms with E-state index < -0.39 is 46.8 Å². The number of rotatable bonds is 1. The third kappa shape index (κ3) is 1.44. The van der Waals surface area contributed by atoms with Gasteiger partial charge in [-0.2, -0.15) is 8.78 Å². The van der Waals surface area contributed by atoms with Crippen LogP contribution in [-0.4, -0.2) is 11.7 Å². The molecule has 0 saturated heterocycles. The van der Waals surface area contributed by atoms with Gasteiger partial charge in [-0.05, 0) is 6.07 Å². The Labute approximate surface area is 91.0 Å². The molecule has 1 unspecified atom stereocenters. The van der Waals surface area contributed by atoms with E-state index in [4.69, 9.17) is 0 Å². The SMILES string of the molecule is O=C1c2c(ccc(F)c2C(F)F)C(F)C1(F)F. The van der Waals surface area contributed by atoms with Crippen molar-refractivity contribution < 1.29 is 31.1 Å². The zero-order valence-corrected chi connectivity index (χ0v) is 7.99. The van der Waals surface area contributed by atoms with Crippen molar-refractivity contribution >= 4 is 5.78 Å². The lowest BCUT2D eigenvalue weighted by Gasteiger charge is -2.08. The van der Waals surface area contributed by atoms with Crippen LogP contribution < -0.4 is 0 Å². The van der Waals surface area contributed by atoms with Gasteiger partial charge in [-0.3, -0.25) is 4.79 Å². The molecule has 1 atom stereocenters. The summed E-state index contributed by atoms with van der Waals surface area (Å²) in [5, 5.41) is 0. The molecule has 0 bridgehead atoms. The Kier molecular flexibility index (Phi) is 2.44. The minimum atomic E-state index is -4.42. The van der Waals surface area contributed by atoms with Crippen LogP contribution in [0.5, 0.6) is 0 Å². The molecule has 0 amide bonds. The lowest BCUT2D eigenvalue weighted by molar-refractivity contribution is -0.0364. The molecule has 0 aromatic heterocycles. The lowest BCUT2D eigenvalue weighted by atomic mass is 10.0. The van der Waals surface area contributed by atoms with Gasteiger partial charge in [-0.15, -0.1) is 0 Å².